The van der Waals surface area contributed by atoms with Crippen molar-refractivity contribution in [3.05, 3.63) is 0 Å². The van der Waals surface area contributed by atoms with Crippen molar-refractivity contribution in [3.63, 3.8) is 0 Å². The molecule has 92 valence electrons. The Hall–Kier alpha value is -0.570. The van der Waals surface area contributed by atoms with E-state index >= 15 is 0 Å². The maximum Gasteiger partial charge on any atom is 0.223 e. The molecule has 0 aromatic carbocycles. The zero-order valence-corrected chi connectivity index (χ0v) is 10.6. The second kappa shape index (κ2) is 4.36. The molecule has 2 saturated carbocycles. The molecule has 0 radical (unpaired) electrons. The first-order chi connectivity index (χ1) is 7.55. The van der Waals surface area contributed by atoms with Crippen molar-refractivity contribution >= 4 is 5.91 Å². The lowest BCUT2D eigenvalue weighted by Gasteiger charge is -2.52. The van der Waals surface area contributed by atoms with E-state index in [2.05, 4.69) is 19.2 Å². The van der Waals surface area contributed by atoms with Crippen molar-refractivity contribution in [2.75, 3.05) is 6.61 Å². The first-order valence-corrected chi connectivity index (χ1v) is 6.47. The molecule has 0 bridgehead atoms. The smallest absolute Gasteiger partial charge is 0.223 e. The molecule has 0 aromatic rings. The van der Waals surface area contributed by atoms with Crippen molar-refractivity contribution in [1.29, 1.82) is 0 Å². The molecule has 2 aliphatic rings. The van der Waals surface area contributed by atoms with Crippen LogP contribution >= 0.6 is 0 Å². The van der Waals surface area contributed by atoms with E-state index in [-0.39, 0.29) is 11.3 Å². The summed E-state index contributed by atoms with van der Waals surface area (Å²) in [4.78, 5) is 11.8. The van der Waals surface area contributed by atoms with Crippen molar-refractivity contribution in [2.24, 2.45) is 11.3 Å². The average Bonchev–Trinajstić information content (AvgIpc) is 2.13. The molecule has 2 atom stereocenters. The third kappa shape index (κ3) is 1.97. The molecule has 1 N–H and O–H groups in total. The van der Waals surface area contributed by atoms with Crippen LogP contribution in [0.1, 0.15) is 46.5 Å². The van der Waals surface area contributed by atoms with Crippen LogP contribution < -0.4 is 5.32 Å². The monoisotopic (exact) mass is 225 g/mol. The molecule has 0 aromatic heterocycles. The molecule has 2 aliphatic carbocycles. The lowest BCUT2D eigenvalue weighted by molar-refractivity contribution is -0.141. The van der Waals surface area contributed by atoms with Crippen LogP contribution in [0.15, 0.2) is 0 Å². The fourth-order valence-electron chi connectivity index (χ4n) is 2.57. The van der Waals surface area contributed by atoms with Gasteiger partial charge in [0.25, 0.3) is 0 Å². The van der Waals surface area contributed by atoms with Gasteiger partial charge in [0.15, 0.2) is 0 Å². The quantitative estimate of drug-likeness (QED) is 0.795. The average molecular weight is 225 g/mol. The SMILES string of the molecule is CCO[C@@H]1C[C@@H](NC(=O)C2CCC2)C1(C)C. The Bertz CT molecular complexity index is 271. The van der Waals surface area contributed by atoms with Gasteiger partial charge in [0.05, 0.1) is 6.10 Å². The van der Waals surface area contributed by atoms with E-state index in [0.29, 0.717) is 18.1 Å². The van der Waals surface area contributed by atoms with Crippen LogP contribution in [0.4, 0.5) is 0 Å². The highest BCUT2D eigenvalue weighted by atomic mass is 16.5. The molecule has 0 aliphatic heterocycles. The Balaban J connectivity index is 1.81. The molecule has 0 saturated heterocycles. The third-order valence-electron chi connectivity index (χ3n) is 4.34. The predicted molar refractivity (Wildman–Crippen MR) is 63.1 cm³/mol. The van der Waals surface area contributed by atoms with Gasteiger partial charge in [0.2, 0.25) is 5.91 Å². The lowest BCUT2D eigenvalue weighted by atomic mass is 9.64. The van der Waals surface area contributed by atoms with Crippen molar-refractivity contribution in [3.8, 4) is 0 Å². The molecular formula is C13H23NO2. The molecule has 2 fully saturated rings. The second-order valence-corrected chi connectivity index (χ2v) is 5.69. The summed E-state index contributed by atoms with van der Waals surface area (Å²) in [5.74, 6) is 0.557. The molecular weight excluding hydrogens is 202 g/mol. The fraction of sp³-hybridized carbons (Fsp3) is 0.923. The topological polar surface area (TPSA) is 38.3 Å². The van der Waals surface area contributed by atoms with Gasteiger partial charge in [0.1, 0.15) is 0 Å². The predicted octanol–water partition coefficient (Wildman–Crippen LogP) is 2.11. The molecule has 0 unspecified atom stereocenters. The summed E-state index contributed by atoms with van der Waals surface area (Å²) in [6.45, 7) is 7.15. The third-order valence-corrected chi connectivity index (χ3v) is 4.34. The van der Waals surface area contributed by atoms with Crippen LogP contribution in [0.25, 0.3) is 0 Å². The second-order valence-electron chi connectivity index (χ2n) is 5.69. The zero-order chi connectivity index (χ0) is 11.8. The molecule has 1 amide bonds. The van der Waals surface area contributed by atoms with Crippen LogP contribution in [-0.2, 0) is 9.53 Å². The van der Waals surface area contributed by atoms with Crippen molar-refractivity contribution < 1.29 is 9.53 Å². The first-order valence-electron chi connectivity index (χ1n) is 6.47. The summed E-state index contributed by atoms with van der Waals surface area (Å²) in [5, 5.41) is 3.18. The minimum atomic E-state index is 0.0927. The van der Waals surface area contributed by atoms with Gasteiger partial charge in [-0.3, -0.25) is 4.79 Å². The minimum Gasteiger partial charge on any atom is -0.378 e. The number of amides is 1. The maximum absolute atomic E-state index is 11.8. The van der Waals surface area contributed by atoms with Gasteiger partial charge in [-0.1, -0.05) is 20.3 Å². The highest BCUT2D eigenvalue weighted by Gasteiger charge is 2.50. The molecule has 2 rings (SSSR count). The van der Waals surface area contributed by atoms with E-state index < -0.39 is 0 Å². The number of nitrogens with one attached hydrogen (secondary N) is 1. The Morgan fingerprint density at radius 1 is 1.44 bits per heavy atom. The summed E-state index contributed by atoms with van der Waals surface area (Å²) in [6, 6.07) is 0.303. The Labute approximate surface area is 97.9 Å². The van der Waals surface area contributed by atoms with Gasteiger partial charge in [-0.2, -0.15) is 0 Å². The number of hydrogen-bond acceptors (Lipinski definition) is 2. The Morgan fingerprint density at radius 2 is 2.12 bits per heavy atom. The summed E-state index contributed by atoms with van der Waals surface area (Å²) in [6.07, 6.45) is 4.65. The number of carbonyl (C=O) groups excluding carboxylic acids is 1. The van der Waals surface area contributed by atoms with Gasteiger partial charge in [-0.25, -0.2) is 0 Å². The van der Waals surface area contributed by atoms with Crippen LogP contribution in [-0.4, -0.2) is 24.7 Å². The molecule has 0 heterocycles. The number of ether oxygens (including phenoxy) is 1. The van der Waals surface area contributed by atoms with E-state index in [1.54, 1.807) is 0 Å². The normalized spacial score (nSPS) is 32.7. The lowest BCUT2D eigenvalue weighted by Crippen LogP contribution is -2.62. The summed E-state index contributed by atoms with van der Waals surface area (Å²) < 4.78 is 5.65. The van der Waals surface area contributed by atoms with E-state index in [4.69, 9.17) is 4.74 Å². The van der Waals surface area contributed by atoms with Crippen molar-refractivity contribution in [2.45, 2.75) is 58.6 Å². The minimum absolute atomic E-state index is 0.0927. The summed E-state index contributed by atoms with van der Waals surface area (Å²) in [5.41, 5.74) is 0.0927. The van der Waals surface area contributed by atoms with E-state index in [0.717, 1.165) is 25.9 Å². The fourth-order valence-corrected chi connectivity index (χ4v) is 2.57. The Kier molecular flexibility index (Phi) is 3.24. The van der Waals surface area contributed by atoms with Gasteiger partial charge >= 0.3 is 0 Å². The molecule has 3 heteroatoms. The van der Waals surface area contributed by atoms with E-state index in [1.165, 1.54) is 6.42 Å². The van der Waals surface area contributed by atoms with Gasteiger partial charge < -0.3 is 10.1 Å². The van der Waals surface area contributed by atoms with Crippen LogP contribution in [0, 0.1) is 11.3 Å². The highest BCUT2D eigenvalue weighted by molar-refractivity contribution is 5.79. The molecule has 3 nitrogen and oxygen atoms in total. The number of carbonyl (C=O) groups is 1. The van der Waals surface area contributed by atoms with Gasteiger partial charge in [0, 0.05) is 24.0 Å². The summed E-state index contributed by atoms with van der Waals surface area (Å²) in [7, 11) is 0. The summed E-state index contributed by atoms with van der Waals surface area (Å²) >= 11 is 0. The van der Waals surface area contributed by atoms with E-state index in [1.807, 2.05) is 6.92 Å². The van der Waals surface area contributed by atoms with Crippen molar-refractivity contribution in [1.82, 2.24) is 5.32 Å². The number of rotatable bonds is 4. The zero-order valence-electron chi connectivity index (χ0n) is 10.6. The van der Waals surface area contributed by atoms with Gasteiger partial charge in [-0.15, -0.1) is 0 Å². The molecule has 0 spiro atoms. The van der Waals surface area contributed by atoms with Gasteiger partial charge in [-0.05, 0) is 26.2 Å². The Morgan fingerprint density at radius 3 is 2.56 bits per heavy atom. The standard InChI is InChI=1S/C13H23NO2/c1-4-16-11-8-10(13(11,2)3)14-12(15)9-6-5-7-9/h9-11H,4-8H2,1-3H3,(H,14,15)/t10-,11-/m1/s1. The van der Waals surface area contributed by atoms with Crippen LogP contribution in [0.5, 0.6) is 0 Å². The first kappa shape index (κ1) is 11.9. The van der Waals surface area contributed by atoms with Crippen LogP contribution in [0.3, 0.4) is 0 Å². The maximum atomic E-state index is 11.8. The largest absolute Gasteiger partial charge is 0.378 e. The molecule has 16 heavy (non-hydrogen) atoms. The number of hydrogen-bond donors (Lipinski definition) is 1. The van der Waals surface area contributed by atoms with E-state index in [9.17, 15) is 4.79 Å². The highest BCUT2D eigenvalue weighted by Crippen LogP contribution is 2.43. The van der Waals surface area contributed by atoms with Crippen LogP contribution in [0.2, 0.25) is 0 Å².